The summed E-state index contributed by atoms with van der Waals surface area (Å²) in [7, 11) is 1.60. The smallest absolute Gasteiger partial charge is 0.233 e. The van der Waals surface area contributed by atoms with Gasteiger partial charge in [0.05, 0.1) is 24.5 Å². The van der Waals surface area contributed by atoms with Crippen LogP contribution in [0.2, 0.25) is 0 Å². The first-order valence-electron chi connectivity index (χ1n) is 11.4. The highest BCUT2D eigenvalue weighted by atomic mass is 16.5. The number of aryl methyl sites for hydroxylation is 1. The van der Waals surface area contributed by atoms with Gasteiger partial charge in [-0.05, 0) is 62.5 Å². The number of rotatable bonds is 5. The van der Waals surface area contributed by atoms with Gasteiger partial charge in [-0.25, -0.2) is 0 Å². The highest BCUT2D eigenvalue weighted by Crippen LogP contribution is 2.59. The summed E-state index contributed by atoms with van der Waals surface area (Å²) in [6.45, 7) is 3.04. The minimum absolute atomic E-state index is 0.516. The molecule has 1 unspecified atom stereocenters. The molecular formula is C26H27N5O. The molecule has 1 aromatic carbocycles. The average Bonchev–Trinajstić information content (AvgIpc) is 3.22. The molecule has 6 rings (SSSR count). The van der Waals surface area contributed by atoms with Gasteiger partial charge >= 0.3 is 0 Å². The predicted octanol–water partition coefficient (Wildman–Crippen LogP) is 5.45. The van der Waals surface area contributed by atoms with Crippen LogP contribution in [0.15, 0.2) is 48.8 Å². The third-order valence-electron chi connectivity index (χ3n) is 7.23. The summed E-state index contributed by atoms with van der Waals surface area (Å²) >= 11 is 0. The van der Waals surface area contributed by atoms with E-state index >= 15 is 0 Å². The molecule has 0 aliphatic heterocycles. The third kappa shape index (κ3) is 3.53. The van der Waals surface area contributed by atoms with Gasteiger partial charge in [0.25, 0.3) is 0 Å². The van der Waals surface area contributed by atoms with Crippen LogP contribution in [0.25, 0.3) is 33.3 Å². The summed E-state index contributed by atoms with van der Waals surface area (Å²) in [5.41, 5.74) is 6.68. The van der Waals surface area contributed by atoms with Crippen molar-refractivity contribution in [1.29, 1.82) is 0 Å². The number of hydrogen-bond donors (Lipinski definition) is 0. The molecule has 2 saturated carbocycles. The molecule has 0 N–H and O–H groups in total. The molecule has 162 valence electrons. The zero-order chi connectivity index (χ0) is 21.7. The van der Waals surface area contributed by atoms with Crippen molar-refractivity contribution in [3.8, 4) is 28.3 Å². The summed E-state index contributed by atoms with van der Waals surface area (Å²) in [5.74, 6) is 1.28. The number of hydrogen-bond acceptors (Lipinski definition) is 5. The van der Waals surface area contributed by atoms with Crippen molar-refractivity contribution in [2.75, 3.05) is 7.11 Å². The van der Waals surface area contributed by atoms with Crippen LogP contribution in [-0.4, -0.2) is 32.1 Å². The molecule has 1 atom stereocenters. The van der Waals surface area contributed by atoms with Crippen molar-refractivity contribution >= 4 is 10.9 Å². The van der Waals surface area contributed by atoms with Crippen molar-refractivity contribution in [3.05, 3.63) is 54.5 Å². The number of benzene rings is 1. The van der Waals surface area contributed by atoms with Crippen LogP contribution in [-0.2, 0) is 6.54 Å². The van der Waals surface area contributed by atoms with E-state index in [1.165, 1.54) is 32.1 Å². The lowest BCUT2D eigenvalue weighted by Gasteiger charge is -2.11. The van der Waals surface area contributed by atoms with Crippen molar-refractivity contribution in [1.82, 2.24) is 25.0 Å². The van der Waals surface area contributed by atoms with Gasteiger partial charge in [0.15, 0.2) is 0 Å². The molecule has 6 heteroatoms. The van der Waals surface area contributed by atoms with Crippen molar-refractivity contribution in [3.63, 3.8) is 0 Å². The van der Waals surface area contributed by atoms with Crippen LogP contribution in [0.1, 0.15) is 37.8 Å². The van der Waals surface area contributed by atoms with Crippen molar-refractivity contribution in [2.24, 2.45) is 11.3 Å². The first-order valence-corrected chi connectivity index (χ1v) is 11.4. The van der Waals surface area contributed by atoms with Gasteiger partial charge < -0.3 is 4.74 Å². The van der Waals surface area contributed by atoms with E-state index in [9.17, 15) is 0 Å². The quantitative estimate of drug-likeness (QED) is 0.425. The Morgan fingerprint density at radius 3 is 2.78 bits per heavy atom. The van der Waals surface area contributed by atoms with E-state index in [1.807, 2.05) is 31.3 Å². The lowest BCUT2D eigenvalue weighted by Crippen LogP contribution is -2.08. The second kappa shape index (κ2) is 7.40. The Morgan fingerprint density at radius 1 is 1.06 bits per heavy atom. The summed E-state index contributed by atoms with van der Waals surface area (Å²) in [6, 6.07) is 12.3. The zero-order valence-electron chi connectivity index (χ0n) is 18.6. The molecule has 0 amide bonds. The molecule has 2 fully saturated rings. The van der Waals surface area contributed by atoms with E-state index in [4.69, 9.17) is 14.8 Å². The molecular weight excluding hydrogens is 398 g/mol. The van der Waals surface area contributed by atoms with Gasteiger partial charge in [0.2, 0.25) is 5.88 Å². The molecule has 3 heterocycles. The van der Waals surface area contributed by atoms with Crippen LogP contribution in [0.4, 0.5) is 0 Å². The van der Waals surface area contributed by atoms with E-state index < -0.39 is 0 Å². The largest absolute Gasteiger partial charge is 0.480 e. The molecule has 4 aromatic rings. The molecule has 1 spiro atoms. The number of aromatic nitrogens is 5. The topological polar surface area (TPSA) is 65.7 Å². The van der Waals surface area contributed by atoms with E-state index in [1.54, 1.807) is 7.11 Å². The van der Waals surface area contributed by atoms with Gasteiger partial charge in [-0.15, -0.1) is 10.2 Å². The SMILES string of the molecule is COc1cc2ccc(-c3nc(C)ccc3-c3cnn(CC4CCC5(CC5)C4)c3)cc2nn1. The summed E-state index contributed by atoms with van der Waals surface area (Å²) < 4.78 is 7.33. The maximum Gasteiger partial charge on any atom is 0.233 e. The summed E-state index contributed by atoms with van der Waals surface area (Å²) in [6.07, 6.45) is 11.2. The van der Waals surface area contributed by atoms with Gasteiger partial charge in [-0.2, -0.15) is 5.10 Å². The van der Waals surface area contributed by atoms with E-state index in [0.717, 1.165) is 51.4 Å². The standard InChI is InChI=1S/C26H27N5O/c1-17-3-6-22(21-14-27-31(16-21)15-18-7-8-26(13-18)9-10-26)25(28-17)20-5-4-19-12-24(32-2)30-29-23(19)11-20/h3-6,11-12,14,16,18H,7-10,13,15H2,1-2H3. The normalized spacial score (nSPS) is 19.0. The molecule has 2 aliphatic rings. The second-order valence-electron chi connectivity index (χ2n) is 9.57. The average molecular weight is 426 g/mol. The van der Waals surface area contributed by atoms with Crippen LogP contribution in [0.3, 0.4) is 0 Å². The Hall–Kier alpha value is -3.28. The Bertz CT molecular complexity index is 1310. The molecule has 0 radical (unpaired) electrons. The first kappa shape index (κ1) is 19.4. The Morgan fingerprint density at radius 2 is 1.97 bits per heavy atom. The number of methoxy groups -OCH3 is 1. The third-order valence-corrected chi connectivity index (χ3v) is 7.23. The lowest BCUT2D eigenvalue weighted by atomic mass is 10.00. The highest BCUT2D eigenvalue weighted by Gasteiger charge is 2.47. The summed E-state index contributed by atoms with van der Waals surface area (Å²) in [5, 5.41) is 14.1. The highest BCUT2D eigenvalue weighted by molar-refractivity contribution is 5.88. The minimum Gasteiger partial charge on any atom is -0.480 e. The lowest BCUT2D eigenvalue weighted by molar-refractivity contribution is 0.393. The van der Waals surface area contributed by atoms with Gasteiger partial charge in [0.1, 0.15) is 0 Å². The molecule has 0 bridgehead atoms. The Labute approximate surface area is 187 Å². The van der Waals surface area contributed by atoms with Crippen LogP contribution >= 0.6 is 0 Å². The maximum absolute atomic E-state index is 5.20. The van der Waals surface area contributed by atoms with Gasteiger partial charge in [-0.1, -0.05) is 18.2 Å². The predicted molar refractivity (Wildman–Crippen MR) is 124 cm³/mol. The van der Waals surface area contributed by atoms with E-state index in [2.05, 4.69) is 39.3 Å². The minimum atomic E-state index is 0.516. The molecule has 2 aliphatic carbocycles. The van der Waals surface area contributed by atoms with Crippen LogP contribution < -0.4 is 4.74 Å². The van der Waals surface area contributed by atoms with Crippen molar-refractivity contribution in [2.45, 2.75) is 45.6 Å². The fourth-order valence-electron chi connectivity index (χ4n) is 5.25. The van der Waals surface area contributed by atoms with E-state index in [-0.39, 0.29) is 0 Å². The van der Waals surface area contributed by atoms with Gasteiger partial charge in [-0.3, -0.25) is 9.67 Å². The number of pyridine rings is 1. The number of fused-ring (bicyclic) bond motifs is 1. The number of ether oxygens (including phenoxy) is 1. The first-order chi connectivity index (χ1) is 15.6. The maximum atomic E-state index is 5.20. The fraction of sp³-hybridized carbons (Fsp3) is 0.385. The van der Waals surface area contributed by atoms with E-state index in [0.29, 0.717) is 11.3 Å². The van der Waals surface area contributed by atoms with Crippen LogP contribution in [0, 0.1) is 18.3 Å². The monoisotopic (exact) mass is 425 g/mol. The molecule has 6 nitrogen and oxygen atoms in total. The van der Waals surface area contributed by atoms with Crippen LogP contribution in [0.5, 0.6) is 5.88 Å². The fourth-order valence-corrected chi connectivity index (χ4v) is 5.25. The Kier molecular flexibility index (Phi) is 4.49. The Balaban J connectivity index is 1.33. The zero-order valence-corrected chi connectivity index (χ0v) is 18.6. The van der Waals surface area contributed by atoms with Crippen molar-refractivity contribution < 1.29 is 4.74 Å². The summed E-state index contributed by atoms with van der Waals surface area (Å²) in [4.78, 5) is 4.89. The molecule has 0 saturated heterocycles. The second-order valence-corrected chi connectivity index (χ2v) is 9.57. The molecule has 32 heavy (non-hydrogen) atoms. The number of nitrogens with zero attached hydrogens (tertiary/aromatic N) is 5. The molecule has 3 aromatic heterocycles. The van der Waals surface area contributed by atoms with Gasteiger partial charge in [0, 0.05) is 46.6 Å².